The fourth-order valence-electron chi connectivity index (χ4n) is 3.00. The lowest BCUT2D eigenvalue weighted by atomic mass is 10.2. The number of ether oxygens (including phenoxy) is 2. The molecule has 33 heavy (non-hydrogen) atoms. The summed E-state index contributed by atoms with van der Waals surface area (Å²) in [5.74, 6) is 2.09. The first-order valence-corrected chi connectivity index (χ1v) is 11.3. The minimum absolute atomic E-state index is 0.0732. The van der Waals surface area contributed by atoms with Crippen LogP contribution in [0.4, 0.5) is 5.69 Å². The van der Waals surface area contributed by atoms with Gasteiger partial charge in [0.1, 0.15) is 17.2 Å². The van der Waals surface area contributed by atoms with Crippen LogP contribution in [0, 0.1) is 0 Å². The van der Waals surface area contributed by atoms with Gasteiger partial charge < -0.3 is 23.6 Å². The van der Waals surface area contributed by atoms with Crippen LogP contribution in [-0.4, -0.2) is 40.1 Å². The molecule has 9 nitrogen and oxygen atoms in total. The number of furan rings is 2. The third kappa shape index (κ3) is 5.53. The maximum absolute atomic E-state index is 12.6. The van der Waals surface area contributed by atoms with Gasteiger partial charge in [0.15, 0.2) is 17.2 Å². The monoisotopic (exact) mass is 466 g/mol. The third-order valence-corrected chi connectivity index (χ3v) is 5.18. The van der Waals surface area contributed by atoms with E-state index in [1.807, 2.05) is 13.8 Å². The first kappa shape index (κ1) is 22.4. The van der Waals surface area contributed by atoms with E-state index >= 15 is 0 Å². The van der Waals surface area contributed by atoms with E-state index in [0.29, 0.717) is 58.5 Å². The van der Waals surface area contributed by atoms with Gasteiger partial charge in [-0.3, -0.25) is 4.79 Å². The van der Waals surface area contributed by atoms with Gasteiger partial charge in [-0.1, -0.05) is 11.8 Å². The first-order valence-electron chi connectivity index (χ1n) is 10.3. The standard InChI is InChI=1S/C23H22N4O5S/c1-3-29-15-9-10-17(30-4-2)16(13-15)24-20(28)14-33-23-25-21(18-7-5-11-31-18)22(26-27-23)19-8-6-12-32-19/h5-13H,3-4,14H2,1-2H3,(H,24,28). The van der Waals surface area contributed by atoms with Crippen molar-refractivity contribution >= 4 is 23.4 Å². The second kappa shape index (κ2) is 10.7. The fourth-order valence-corrected chi connectivity index (χ4v) is 3.58. The number of hydrogen-bond acceptors (Lipinski definition) is 9. The molecular weight excluding hydrogens is 444 g/mol. The Balaban J connectivity index is 1.49. The minimum Gasteiger partial charge on any atom is -0.494 e. The summed E-state index contributed by atoms with van der Waals surface area (Å²) < 4.78 is 22.1. The maximum atomic E-state index is 12.6. The molecule has 0 saturated carbocycles. The molecule has 0 fully saturated rings. The number of anilines is 1. The van der Waals surface area contributed by atoms with E-state index < -0.39 is 0 Å². The minimum atomic E-state index is -0.243. The van der Waals surface area contributed by atoms with Gasteiger partial charge in [-0.05, 0) is 50.2 Å². The SMILES string of the molecule is CCOc1ccc(OCC)c(NC(=O)CSc2nnc(-c3ccco3)c(-c3ccco3)n2)c1. The van der Waals surface area contributed by atoms with Crippen LogP contribution in [0.3, 0.4) is 0 Å². The molecule has 0 aliphatic heterocycles. The lowest BCUT2D eigenvalue weighted by Crippen LogP contribution is -2.15. The van der Waals surface area contributed by atoms with E-state index in [1.54, 1.807) is 55.0 Å². The summed E-state index contributed by atoms with van der Waals surface area (Å²) in [6.45, 7) is 4.77. The molecule has 10 heteroatoms. The van der Waals surface area contributed by atoms with E-state index in [0.717, 1.165) is 11.8 Å². The Labute approximate surface area is 194 Å². The molecule has 4 rings (SSSR count). The van der Waals surface area contributed by atoms with Crippen LogP contribution >= 0.6 is 11.8 Å². The largest absolute Gasteiger partial charge is 0.494 e. The Kier molecular flexibility index (Phi) is 7.26. The highest BCUT2D eigenvalue weighted by Crippen LogP contribution is 2.31. The summed E-state index contributed by atoms with van der Waals surface area (Å²) in [6, 6.07) is 12.4. The molecule has 0 radical (unpaired) electrons. The van der Waals surface area contributed by atoms with Crippen molar-refractivity contribution in [2.24, 2.45) is 0 Å². The molecular formula is C23H22N4O5S. The average Bonchev–Trinajstić information content (AvgIpc) is 3.54. The van der Waals surface area contributed by atoms with Crippen molar-refractivity contribution < 1.29 is 23.1 Å². The Morgan fingerprint density at radius 1 is 0.970 bits per heavy atom. The number of nitrogens with one attached hydrogen (secondary N) is 1. The Morgan fingerprint density at radius 2 is 1.70 bits per heavy atom. The van der Waals surface area contributed by atoms with Crippen LogP contribution in [0.5, 0.6) is 11.5 Å². The highest BCUT2D eigenvalue weighted by atomic mass is 32.2. The first-order chi connectivity index (χ1) is 16.2. The molecule has 0 unspecified atom stereocenters. The molecule has 3 aromatic heterocycles. The van der Waals surface area contributed by atoms with Crippen molar-refractivity contribution in [2.45, 2.75) is 19.0 Å². The molecule has 0 bridgehead atoms. The zero-order valence-electron chi connectivity index (χ0n) is 18.1. The number of rotatable bonds is 10. The third-order valence-electron chi connectivity index (χ3n) is 4.34. The van der Waals surface area contributed by atoms with Crippen molar-refractivity contribution in [3.63, 3.8) is 0 Å². The predicted octanol–water partition coefficient (Wildman–Crippen LogP) is 4.92. The van der Waals surface area contributed by atoms with Crippen molar-refractivity contribution in [3.05, 3.63) is 55.0 Å². The molecule has 4 aromatic rings. The van der Waals surface area contributed by atoms with E-state index in [2.05, 4.69) is 20.5 Å². The molecule has 0 aliphatic carbocycles. The van der Waals surface area contributed by atoms with Gasteiger partial charge in [0, 0.05) is 6.07 Å². The summed E-state index contributed by atoms with van der Waals surface area (Å²) in [4.78, 5) is 17.2. The Morgan fingerprint density at radius 3 is 2.36 bits per heavy atom. The van der Waals surface area contributed by atoms with Crippen LogP contribution in [0.2, 0.25) is 0 Å². The van der Waals surface area contributed by atoms with Gasteiger partial charge in [-0.15, -0.1) is 10.2 Å². The van der Waals surface area contributed by atoms with E-state index in [9.17, 15) is 4.79 Å². The number of hydrogen-bond donors (Lipinski definition) is 1. The molecule has 1 amide bonds. The lowest BCUT2D eigenvalue weighted by Gasteiger charge is -2.13. The summed E-state index contributed by atoms with van der Waals surface area (Å²) in [5.41, 5.74) is 1.48. The van der Waals surface area contributed by atoms with Crippen molar-refractivity contribution in [1.29, 1.82) is 0 Å². The summed E-state index contributed by atoms with van der Waals surface area (Å²) in [6.07, 6.45) is 3.10. The molecule has 1 aromatic carbocycles. The van der Waals surface area contributed by atoms with Crippen molar-refractivity contribution in [1.82, 2.24) is 15.2 Å². The molecule has 0 atom stereocenters. The fraction of sp³-hybridized carbons (Fsp3) is 0.217. The van der Waals surface area contributed by atoms with E-state index in [1.165, 1.54) is 0 Å². The molecule has 0 saturated heterocycles. The van der Waals surface area contributed by atoms with E-state index in [-0.39, 0.29) is 11.7 Å². The number of thioether (sulfide) groups is 1. The average molecular weight is 467 g/mol. The second-order valence-electron chi connectivity index (χ2n) is 6.61. The zero-order valence-corrected chi connectivity index (χ0v) is 18.9. The lowest BCUT2D eigenvalue weighted by molar-refractivity contribution is -0.113. The Hall–Kier alpha value is -3.79. The van der Waals surface area contributed by atoms with Crippen LogP contribution in [0.15, 0.2) is 69.0 Å². The predicted molar refractivity (Wildman–Crippen MR) is 123 cm³/mol. The smallest absolute Gasteiger partial charge is 0.234 e. The summed E-state index contributed by atoms with van der Waals surface area (Å²) in [7, 11) is 0. The van der Waals surface area contributed by atoms with E-state index in [4.69, 9.17) is 18.3 Å². The number of nitrogens with zero attached hydrogens (tertiary/aromatic N) is 3. The van der Waals surface area contributed by atoms with Gasteiger partial charge in [0.2, 0.25) is 11.1 Å². The highest BCUT2D eigenvalue weighted by molar-refractivity contribution is 7.99. The summed E-state index contributed by atoms with van der Waals surface area (Å²) in [5, 5.41) is 11.6. The number of amides is 1. The second-order valence-corrected chi connectivity index (χ2v) is 7.55. The van der Waals surface area contributed by atoms with Gasteiger partial charge >= 0.3 is 0 Å². The van der Waals surface area contributed by atoms with Crippen LogP contribution in [0.25, 0.3) is 22.9 Å². The van der Waals surface area contributed by atoms with Crippen molar-refractivity contribution in [3.8, 4) is 34.4 Å². The normalized spacial score (nSPS) is 10.7. The zero-order chi connectivity index (χ0) is 23.0. The van der Waals surface area contributed by atoms with Gasteiger partial charge in [-0.2, -0.15) is 0 Å². The number of benzene rings is 1. The molecule has 0 aliphatic rings. The Bertz CT molecular complexity index is 1200. The van der Waals surface area contributed by atoms with Crippen molar-refractivity contribution in [2.75, 3.05) is 24.3 Å². The number of carbonyl (C=O) groups is 1. The van der Waals surface area contributed by atoms with Gasteiger partial charge in [0.05, 0.1) is 37.2 Å². The molecule has 170 valence electrons. The highest BCUT2D eigenvalue weighted by Gasteiger charge is 2.18. The molecule has 3 heterocycles. The van der Waals surface area contributed by atoms with Crippen LogP contribution in [-0.2, 0) is 4.79 Å². The number of carbonyl (C=O) groups excluding carboxylic acids is 1. The van der Waals surface area contributed by atoms with Gasteiger partial charge in [0.25, 0.3) is 0 Å². The number of aromatic nitrogens is 3. The maximum Gasteiger partial charge on any atom is 0.234 e. The van der Waals surface area contributed by atoms with Crippen LogP contribution < -0.4 is 14.8 Å². The molecule has 1 N–H and O–H groups in total. The summed E-state index contributed by atoms with van der Waals surface area (Å²) >= 11 is 1.16. The topological polar surface area (TPSA) is 113 Å². The van der Waals surface area contributed by atoms with Gasteiger partial charge in [-0.25, -0.2) is 4.98 Å². The molecule has 0 spiro atoms. The quantitative estimate of drug-likeness (QED) is 0.325. The van der Waals surface area contributed by atoms with Crippen LogP contribution in [0.1, 0.15) is 13.8 Å².